The number of nitrogens with zero attached hydrogens (tertiary/aromatic N) is 1. The van der Waals surface area contributed by atoms with E-state index >= 15 is 0 Å². The van der Waals surface area contributed by atoms with Gasteiger partial charge in [0.1, 0.15) is 0 Å². The van der Waals surface area contributed by atoms with Crippen LogP contribution in [0.15, 0.2) is 47.6 Å². The highest BCUT2D eigenvalue weighted by Gasteiger charge is 2.00. The number of nitrogens with one attached hydrogen (secondary N) is 1. The Balaban J connectivity index is 1.76. The summed E-state index contributed by atoms with van der Waals surface area (Å²) in [5.41, 5.74) is 3.65. The molecular weight excluding hydrogens is 284 g/mol. The Hall–Kier alpha value is -2.16. The number of benzene rings is 2. The van der Waals surface area contributed by atoms with Crippen LogP contribution in [-0.4, -0.2) is 12.1 Å². The molecule has 0 aliphatic carbocycles. The number of carbonyl (C=O) groups excluding carboxylic acids is 1. The SMILES string of the molecule is CCCCCCCCC(=O)N/N=C/c1cccc2ccccc12. The van der Waals surface area contributed by atoms with Crippen LogP contribution in [0, 0.1) is 0 Å². The van der Waals surface area contributed by atoms with Gasteiger partial charge in [0.2, 0.25) is 5.91 Å². The van der Waals surface area contributed by atoms with Gasteiger partial charge in [-0.25, -0.2) is 5.43 Å². The minimum Gasteiger partial charge on any atom is -0.273 e. The number of hydrazone groups is 1. The van der Waals surface area contributed by atoms with Crippen LogP contribution in [0.5, 0.6) is 0 Å². The van der Waals surface area contributed by atoms with Crippen molar-refractivity contribution in [3.05, 3.63) is 48.0 Å². The molecule has 0 aromatic heterocycles. The number of hydrogen-bond acceptors (Lipinski definition) is 2. The average molecular weight is 310 g/mol. The summed E-state index contributed by atoms with van der Waals surface area (Å²) in [6.07, 6.45) is 9.39. The summed E-state index contributed by atoms with van der Waals surface area (Å²) in [4.78, 5) is 11.8. The third kappa shape index (κ3) is 5.85. The Morgan fingerprint density at radius 3 is 2.61 bits per heavy atom. The molecule has 23 heavy (non-hydrogen) atoms. The molecule has 0 radical (unpaired) electrons. The largest absolute Gasteiger partial charge is 0.273 e. The van der Waals surface area contributed by atoms with Crippen LogP contribution in [-0.2, 0) is 4.79 Å². The molecule has 2 aromatic carbocycles. The van der Waals surface area contributed by atoms with Gasteiger partial charge in [0.25, 0.3) is 0 Å². The number of amides is 1. The number of fused-ring (bicyclic) bond motifs is 1. The molecule has 122 valence electrons. The minimum atomic E-state index is -0.00280. The lowest BCUT2D eigenvalue weighted by molar-refractivity contribution is -0.121. The first-order valence-electron chi connectivity index (χ1n) is 8.61. The van der Waals surface area contributed by atoms with Crippen molar-refractivity contribution in [3.63, 3.8) is 0 Å². The molecule has 0 fully saturated rings. The van der Waals surface area contributed by atoms with Gasteiger partial charge in [0.05, 0.1) is 6.21 Å². The molecule has 0 spiro atoms. The normalized spacial score (nSPS) is 11.2. The van der Waals surface area contributed by atoms with Crippen molar-refractivity contribution in [2.24, 2.45) is 5.10 Å². The zero-order valence-electron chi connectivity index (χ0n) is 13.9. The second-order valence-electron chi connectivity index (χ2n) is 5.88. The van der Waals surface area contributed by atoms with Crippen LogP contribution in [0.4, 0.5) is 0 Å². The highest BCUT2D eigenvalue weighted by molar-refractivity contribution is 5.99. The predicted molar refractivity (Wildman–Crippen MR) is 97.7 cm³/mol. The topological polar surface area (TPSA) is 41.5 Å². The van der Waals surface area contributed by atoms with Gasteiger partial charge >= 0.3 is 0 Å². The molecule has 0 saturated heterocycles. The van der Waals surface area contributed by atoms with Crippen molar-refractivity contribution in [1.82, 2.24) is 5.43 Å². The van der Waals surface area contributed by atoms with Crippen LogP contribution in [0.25, 0.3) is 10.8 Å². The number of carbonyl (C=O) groups is 1. The molecule has 0 saturated carbocycles. The van der Waals surface area contributed by atoms with E-state index in [9.17, 15) is 4.79 Å². The number of unbranched alkanes of at least 4 members (excludes halogenated alkanes) is 5. The second kappa shape index (κ2) is 9.78. The van der Waals surface area contributed by atoms with Crippen molar-refractivity contribution in [3.8, 4) is 0 Å². The Labute approximate surface area is 138 Å². The van der Waals surface area contributed by atoms with E-state index < -0.39 is 0 Å². The molecule has 2 aromatic rings. The van der Waals surface area contributed by atoms with E-state index in [1.807, 2.05) is 24.3 Å². The maximum absolute atomic E-state index is 11.8. The number of hydrogen-bond donors (Lipinski definition) is 1. The molecule has 1 amide bonds. The maximum atomic E-state index is 11.8. The third-order valence-electron chi connectivity index (χ3n) is 3.97. The summed E-state index contributed by atoms with van der Waals surface area (Å²) in [5, 5.41) is 6.41. The molecule has 0 aliphatic rings. The van der Waals surface area contributed by atoms with Crippen LogP contribution in [0.2, 0.25) is 0 Å². The zero-order valence-corrected chi connectivity index (χ0v) is 13.9. The van der Waals surface area contributed by atoms with Gasteiger partial charge in [-0.1, -0.05) is 81.5 Å². The number of rotatable bonds is 9. The fraction of sp³-hybridized carbons (Fsp3) is 0.400. The average Bonchev–Trinajstić information content (AvgIpc) is 2.58. The molecule has 0 atom stereocenters. The fourth-order valence-corrected chi connectivity index (χ4v) is 2.66. The van der Waals surface area contributed by atoms with E-state index in [4.69, 9.17) is 0 Å². The van der Waals surface area contributed by atoms with Crippen molar-refractivity contribution in [1.29, 1.82) is 0 Å². The molecule has 2 rings (SSSR count). The van der Waals surface area contributed by atoms with E-state index in [2.05, 4.69) is 35.7 Å². The lowest BCUT2D eigenvalue weighted by Crippen LogP contribution is -2.16. The quantitative estimate of drug-likeness (QED) is 0.393. The van der Waals surface area contributed by atoms with Gasteiger partial charge in [0, 0.05) is 12.0 Å². The Morgan fingerprint density at radius 2 is 1.74 bits per heavy atom. The van der Waals surface area contributed by atoms with Crippen LogP contribution in [0.3, 0.4) is 0 Å². The molecule has 1 N–H and O–H groups in total. The van der Waals surface area contributed by atoms with Crippen LogP contribution in [0.1, 0.15) is 57.4 Å². The molecule has 0 bridgehead atoms. The Morgan fingerprint density at radius 1 is 1.00 bits per heavy atom. The monoisotopic (exact) mass is 310 g/mol. The van der Waals surface area contributed by atoms with E-state index in [-0.39, 0.29) is 5.91 Å². The standard InChI is InChI=1S/C20H26N2O/c1-2-3-4-5-6-7-15-20(23)22-21-16-18-13-10-12-17-11-8-9-14-19(17)18/h8-14,16H,2-7,15H2,1H3,(H,22,23)/b21-16+. The fourth-order valence-electron chi connectivity index (χ4n) is 2.66. The van der Waals surface area contributed by atoms with Crippen molar-refractivity contribution in [2.75, 3.05) is 0 Å². The molecular formula is C20H26N2O. The zero-order chi connectivity index (χ0) is 16.3. The summed E-state index contributed by atoms with van der Waals surface area (Å²) in [5.74, 6) is -0.00280. The summed E-state index contributed by atoms with van der Waals surface area (Å²) >= 11 is 0. The van der Waals surface area contributed by atoms with E-state index in [1.54, 1.807) is 6.21 Å². The maximum Gasteiger partial charge on any atom is 0.240 e. The minimum absolute atomic E-state index is 0.00280. The van der Waals surface area contributed by atoms with E-state index in [1.165, 1.54) is 31.1 Å². The van der Waals surface area contributed by atoms with Crippen LogP contribution < -0.4 is 5.43 Å². The summed E-state index contributed by atoms with van der Waals surface area (Å²) in [7, 11) is 0. The molecule has 3 heteroatoms. The van der Waals surface area contributed by atoms with E-state index in [0.29, 0.717) is 6.42 Å². The van der Waals surface area contributed by atoms with Crippen molar-refractivity contribution < 1.29 is 4.79 Å². The molecule has 0 aliphatic heterocycles. The first-order valence-corrected chi connectivity index (χ1v) is 8.61. The highest BCUT2D eigenvalue weighted by atomic mass is 16.2. The molecule has 0 unspecified atom stereocenters. The smallest absolute Gasteiger partial charge is 0.240 e. The highest BCUT2D eigenvalue weighted by Crippen LogP contribution is 2.16. The summed E-state index contributed by atoms with van der Waals surface area (Å²) in [6.45, 7) is 2.21. The Bertz CT molecular complexity index is 644. The molecule has 0 heterocycles. The van der Waals surface area contributed by atoms with Gasteiger partial charge in [-0.2, -0.15) is 5.10 Å². The van der Waals surface area contributed by atoms with Gasteiger partial charge in [-0.15, -0.1) is 0 Å². The third-order valence-corrected chi connectivity index (χ3v) is 3.97. The van der Waals surface area contributed by atoms with Crippen LogP contribution >= 0.6 is 0 Å². The van der Waals surface area contributed by atoms with E-state index in [0.717, 1.165) is 23.8 Å². The predicted octanol–water partition coefficient (Wildman–Crippen LogP) is 5.04. The van der Waals surface area contributed by atoms with Gasteiger partial charge in [0.15, 0.2) is 0 Å². The first kappa shape index (κ1) is 17.2. The van der Waals surface area contributed by atoms with Crippen molar-refractivity contribution in [2.45, 2.75) is 51.9 Å². The molecule has 3 nitrogen and oxygen atoms in total. The first-order chi connectivity index (χ1) is 11.3. The lowest BCUT2D eigenvalue weighted by atomic mass is 10.1. The lowest BCUT2D eigenvalue weighted by Gasteiger charge is -2.02. The van der Waals surface area contributed by atoms with Gasteiger partial charge < -0.3 is 0 Å². The summed E-state index contributed by atoms with van der Waals surface area (Å²) in [6, 6.07) is 14.2. The Kier molecular flexibility index (Phi) is 7.31. The van der Waals surface area contributed by atoms with Crippen molar-refractivity contribution >= 4 is 22.9 Å². The second-order valence-corrected chi connectivity index (χ2v) is 5.88. The summed E-state index contributed by atoms with van der Waals surface area (Å²) < 4.78 is 0. The van der Waals surface area contributed by atoms with Gasteiger partial charge in [-0.05, 0) is 17.2 Å². The van der Waals surface area contributed by atoms with Gasteiger partial charge in [-0.3, -0.25) is 4.79 Å².